The molecule has 1 heterocycles. The lowest BCUT2D eigenvalue weighted by molar-refractivity contribution is 0.479. The van der Waals surface area contributed by atoms with Gasteiger partial charge in [0, 0.05) is 12.3 Å². The molecule has 2 aromatic rings. The molecule has 0 bridgehead atoms. The predicted molar refractivity (Wildman–Crippen MR) is 71.7 cm³/mol. The standard InChI is InChI=1S/C13H14N2O3S/c1-10-3-5-11(6-4-10)18-12-7-8-15-13(9-12)19(16,17)14-2/h3-9,14H,1-2H3. The number of aryl methyl sites for hydroxylation is 1. The molecule has 0 fully saturated rings. The summed E-state index contributed by atoms with van der Waals surface area (Å²) in [4.78, 5) is 3.81. The average Bonchev–Trinajstić information content (AvgIpc) is 2.42. The highest BCUT2D eigenvalue weighted by molar-refractivity contribution is 7.89. The smallest absolute Gasteiger partial charge is 0.257 e. The summed E-state index contributed by atoms with van der Waals surface area (Å²) in [7, 11) is -2.22. The van der Waals surface area contributed by atoms with Crippen molar-refractivity contribution in [3.8, 4) is 11.5 Å². The lowest BCUT2D eigenvalue weighted by Crippen LogP contribution is -2.19. The molecule has 0 radical (unpaired) electrons. The van der Waals surface area contributed by atoms with Crippen LogP contribution in [0.4, 0.5) is 0 Å². The van der Waals surface area contributed by atoms with Gasteiger partial charge in [-0.15, -0.1) is 0 Å². The van der Waals surface area contributed by atoms with E-state index in [2.05, 4.69) is 9.71 Å². The van der Waals surface area contributed by atoms with E-state index in [1.807, 2.05) is 31.2 Å². The van der Waals surface area contributed by atoms with E-state index in [1.165, 1.54) is 19.3 Å². The van der Waals surface area contributed by atoms with Crippen molar-refractivity contribution in [1.82, 2.24) is 9.71 Å². The third kappa shape index (κ3) is 3.30. The minimum atomic E-state index is -3.56. The van der Waals surface area contributed by atoms with Crippen LogP contribution in [0.3, 0.4) is 0 Å². The number of rotatable bonds is 4. The summed E-state index contributed by atoms with van der Waals surface area (Å²) < 4.78 is 31.0. The summed E-state index contributed by atoms with van der Waals surface area (Å²) in [5.41, 5.74) is 1.13. The number of hydrogen-bond donors (Lipinski definition) is 1. The van der Waals surface area contributed by atoms with Crippen LogP contribution in [-0.4, -0.2) is 20.4 Å². The second-order valence-electron chi connectivity index (χ2n) is 3.95. The SMILES string of the molecule is CNS(=O)(=O)c1cc(Oc2ccc(C)cc2)ccn1. The van der Waals surface area contributed by atoms with E-state index in [0.29, 0.717) is 11.5 Å². The van der Waals surface area contributed by atoms with Crippen molar-refractivity contribution in [3.05, 3.63) is 48.2 Å². The number of benzene rings is 1. The molecule has 5 nitrogen and oxygen atoms in total. The van der Waals surface area contributed by atoms with E-state index in [9.17, 15) is 8.42 Å². The molecule has 0 atom stereocenters. The minimum Gasteiger partial charge on any atom is -0.457 e. The molecule has 1 aromatic carbocycles. The molecular weight excluding hydrogens is 264 g/mol. The van der Waals surface area contributed by atoms with Crippen molar-refractivity contribution in [2.75, 3.05) is 7.05 Å². The van der Waals surface area contributed by atoms with Crippen LogP contribution < -0.4 is 9.46 Å². The maximum atomic E-state index is 11.6. The van der Waals surface area contributed by atoms with Gasteiger partial charge in [0.25, 0.3) is 10.0 Å². The van der Waals surface area contributed by atoms with Gasteiger partial charge in [-0.05, 0) is 32.2 Å². The molecule has 0 saturated carbocycles. The van der Waals surface area contributed by atoms with Crippen LogP contribution in [0.1, 0.15) is 5.56 Å². The van der Waals surface area contributed by atoms with Gasteiger partial charge in [0.15, 0.2) is 5.03 Å². The number of nitrogens with zero attached hydrogens (tertiary/aromatic N) is 1. The summed E-state index contributed by atoms with van der Waals surface area (Å²) in [5.74, 6) is 1.07. The Morgan fingerprint density at radius 1 is 1.11 bits per heavy atom. The second-order valence-corrected chi connectivity index (χ2v) is 5.79. The topological polar surface area (TPSA) is 68.3 Å². The van der Waals surface area contributed by atoms with Gasteiger partial charge in [0.1, 0.15) is 11.5 Å². The van der Waals surface area contributed by atoms with Crippen LogP contribution >= 0.6 is 0 Å². The Kier molecular flexibility index (Phi) is 3.82. The summed E-state index contributed by atoms with van der Waals surface area (Å²) in [6.45, 7) is 1.98. The van der Waals surface area contributed by atoms with E-state index in [0.717, 1.165) is 5.56 Å². The number of sulfonamides is 1. The second kappa shape index (κ2) is 5.38. The van der Waals surface area contributed by atoms with E-state index in [-0.39, 0.29) is 5.03 Å². The highest BCUT2D eigenvalue weighted by Gasteiger charge is 2.13. The van der Waals surface area contributed by atoms with Crippen LogP contribution in [0, 0.1) is 6.92 Å². The first-order valence-corrected chi connectivity index (χ1v) is 7.14. The monoisotopic (exact) mass is 278 g/mol. The Bertz CT molecular complexity index is 667. The maximum absolute atomic E-state index is 11.6. The van der Waals surface area contributed by atoms with E-state index < -0.39 is 10.0 Å². The highest BCUT2D eigenvalue weighted by Crippen LogP contribution is 2.22. The number of hydrogen-bond acceptors (Lipinski definition) is 4. The lowest BCUT2D eigenvalue weighted by atomic mass is 10.2. The quantitative estimate of drug-likeness (QED) is 0.929. The normalized spacial score (nSPS) is 11.3. The summed E-state index contributed by atoms with van der Waals surface area (Å²) in [5, 5.41) is -0.0698. The molecule has 0 spiro atoms. The van der Waals surface area contributed by atoms with Gasteiger partial charge in [0.05, 0.1) is 0 Å². The Balaban J connectivity index is 2.27. The molecule has 0 unspecified atom stereocenters. The van der Waals surface area contributed by atoms with Crippen LogP contribution in [0.15, 0.2) is 47.6 Å². The van der Waals surface area contributed by atoms with Crippen LogP contribution in [0.2, 0.25) is 0 Å². The fraction of sp³-hybridized carbons (Fsp3) is 0.154. The summed E-state index contributed by atoms with van der Waals surface area (Å²) in [6.07, 6.45) is 1.40. The van der Waals surface area contributed by atoms with Gasteiger partial charge in [-0.25, -0.2) is 18.1 Å². The zero-order valence-corrected chi connectivity index (χ0v) is 11.4. The first kappa shape index (κ1) is 13.5. The van der Waals surface area contributed by atoms with Crippen molar-refractivity contribution in [2.24, 2.45) is 0 Å². The third-order valence-electron chi connectivity index (χ3n) is 2.51. The van der Waals surface area contributed by atoms with Gasteiger partial charge in [-0.1, -0.05) is 17.7 Å². The van der Waals surface area contributed by atoms with E-state index in [1.54, 1.807) is 6.07 Å². The maximum Gasteiger partial charge on any atom is 0.257 e. The fourth-order valence-corrected chi connectivity index (χ4v) is 2.13. The Labute approximate surface area is 112 Å². The van der Waals surface area contributed by atoms with E-state index in [4.69, 9.17) is 4.74 Å². The molecule has 100 valence electrons. The molecule has 0 aliphatic carbocycles. The Hall–Kier alpha value is -1.92. The zero-order valence-electron chi connectivity index (χ0n) is 10.6. The molecule has 2 rings (SSSR count). The van der Waals surface area contributed by atoms with Gasteiger partial charge in [-0.2, -0.15) is 0 Å². The molecule has 0 saturated heterocycles. The third-order valence-corrected chi connectivity index (χ3v) is 3.82. The first-order chi connectivity index (χ1) is 9.01. The van der Waals surface area contributed by atoms with Crippen molar-refractivity contribution < 1.29 is 13.2 Å². The molecular formula is C13H14N2O3S. The van der Waals surface area contributed by atoms with Gasteiger partial charge >= 0.3 is 0 Å². The summed E-state index contributed by atoms with van der Waals surface area (Å²) in [6, 6.07) is 10.5. The lowest BCUT2D eigenvalue weighted by Gasteiger charge is -2.07. The van der Waals surface area contributed by atoms with Crippen molar-refractivity contribution in [2.45, 2.75) is 11.9 Å². The van der Waals surface area contributed by atoms with Gasteiger partial charge in [0.2, 0.25) is 0 Å². The number of pyridine rings is 1. The van der Waals surface area contributed by atoms with Gasteiger partial charge < -0.3 is 4.74 Å². The Morgan fingerprint density at radius 2 is 1.79 bits per heavy atom. The zero-order chi connectivity index (χ0) is 13.9. The molecule has 0 aliphatic rings. The average molecular weight is 278 g/mol. The van der Waals surface area contributed by atoms with Gasteiger partial charge in [-0.3, -0.25) is 0 Å². The molecule has 0 aliphatic heterocycles. The fourth-order valence-electron chi connectivity index (χ4n) is 1.45. The molecule has 0 amide bonds. The van der Waals surface area contributed by atoms with Crippen LogP contribution in [-0.2, 0) is 10.0 Å². The summed E-state index contributed by atoms with van der Waals surface area (Å²) >= 11 is 0. The van der Waals surface area contributed by atoms with Crippen molar-refractivity contribution in [1.29, 1.82) is 0 Å². The molecule has 19 heavy (non-hydrogen) atoms. The highest BCUT2D eigenvalue weighted by atomic mass is 32.2. The van der Waals surface area contributed by atoms with Crippen LogP contribution in [0.25, 0.3) is 0 Å². The minimum absolute atomic E-state index is 0.0698. The Morgan fingerprint density at radius 3 is 2.42 bits per heavy atom. The number of nitrogens with one attached hydrogen (secondary N) is 1. The van der Waals surface area contributed by atoms with Crippen LogP contribution in [0.5, 0.6) is 11.5 Å². The number of ether oxygens (including phenoxy) is 1. The van der Waals surface area contributed by atoms with E-state index >= 15 is 0 Å². The molecule has 6 heteroatoms. The largest absolute Gasteiger partial charge is 0.457 e. The first-order valence-electron chi connectivity index (χ1n) is 5.65. The predicted octanol–water partition coefficient (Wildman–Crippen LogP) is 2.09. The molecule has 1 N–H and O–H groups in total. The molecule has 1 aromatic heterocycles. The van der Waals surface area contributed by atoms with Crippen molar-refractivity contribution >= 4 is 10.0 Å². The van der Waals surface area contributed by atoms with Crippen molar-refractivity contribution in [3.63, 3.8) is 0 Å². The number of aromatic nitrogens is 1.